The molecule has 1 aromatic heterocycles. The SMILES string of the molecule is Cc1cc(C)c2c(c1)oc1ccc(N(c3ccc4c(c3)C(C)(C)c3ccccc3-4)c3ccc4c(c3)C3(c5ccccc5-4)C4CC5CC(C4)CC3C5)cc12. The van der Waals surface area contributed by atoms with E-state index in [0.29, 0.717) is 0 Å². The Kier molecular flexibility index (Phi) is 5.92. The van der Waals surface area contributed by atoms with Crippen LogP contribution in [0.2, 0.25) is 0 Å². The fourth-order valence-electron chi connectivity index (χ4n) is 13.0. The van der Waals surface area contributed by atoms with Crippen LogP contribution in [0.5, 0.6) is 0 Å². The number of fused-ring (bicyclic) bond motifs is 9. The molecule has 4 saturated carbocycles. The summed E-state index contributed by atoms with van der Waals surface area (Å²) in [4.78, 5) is 2.55. The van der Waals surface area contributed by atoms with Gasteiger partial charge in [0.1, 0.15) is 11.2 Å². The standard InChI is InChI=1S/C51H45NO/c1-29-19-30(2)49-42-26-35(15-18-47(42)53-48(49)20-29)52(36-13-16-40-38-9-5-7-11-43(38)50(3,4)45(40)27-36)37-14-17-41-39-10-6-8-12-44(39)51(46(41)28-37)33-22-31-21-32(24-33)25-34(51)23-31/h5-20,26-28,31-34H,21-25H2,1-4H3. The highest BCUT2D eigenvalue weighted by Gasteiger charge is 2.61. The second kappa shape index (κ2) is 10.3. The molecule has 0 radical (unpaired) electrons. The lowest BCUT2D eigenvalue weighted by Gasteiger charge is -2.61. The van der Waals surface area contributed by atoms with Crippen molar-refractivity contribution in [2.24, 2.45) is 23.7 Å². The van der Waals surface area contributed by atoms with Gasteiger partial charge in [-0.1, -0.05) is 80.6 Å². The predicted octanol–water partition coefficient (Wildman–Crippen LogP) is 13.7. The van der Waals surface area contributed by atoms with E-state index in [1.54, 1.807) is 11.1 Å². The number of rotatable bonds is 3. The number of nitrogens with zero attached hydrogens (tertiary/aromatic N) is 1. The molecule has 0 aliphatic heterocycles. The van der Waals surface area contributed by atoms with Crippen LogP contribution in [0.25, 0.3) is 44.2 Å². The maximum Gasteiger partial charge on any atom is 0.135 e. The molecule has 260 valence electrons. The average molecular weight is 688 g/mol. The molecule has 0 unspecified atom stereocenters. The summed E-state index contributed by atoms with van der Waals surface area (Å²) in [5.74, 6) is 3.29. The Morgan fingerprint density at radius 2 is 1.09 bits per heavy atom. The molecule has 2 nitrogen and oxygen atoms in total. The number of hydrogen-bond acceptors (Lipinski definition) is 2. The van der Waals surface area contributed by atoms with Crippen molar-refractivity contribution in [3.63, 3.8) is 0 Å². The molecular formula is C51H45NO. The lowest BCUT2D eigenvalue weighted by molar-refractivity contribution is -0.0399. The number of furan rings is 1. The molecule has 7 aromatic rings. The van der Waals surface area contributed by atoms with Crippen LogP contribution in [0.3, 0.4) is 0 Å². The van der Waals surface area contributed by atoms with Gasteiger partial charge in [0.2, 0.25) is 0 Å². The molecule has 53 heavy (non-hydrogen) atoms. The fraction of sp³-hybridized carbons (Fsp3) is 0.294. The second-order valence-electron chi connectivity index (χ2n) is 17.9. The lowest BCUT2D eigenvalue weighted by Crippen LogP contribution is -2.55. The van der Waals surface area contributed by atoms with Crippen LogP contribution in [-0.2, 0) is 10.8 Å². The van der Waals surface area contributed by atoms with Gasteiger partial charge < -0.3 is 9.32 Å². The average Bonchev–Trinajstić information content (AvgIpc) is 3.74. The van der Waals surface area contributed by atoms with Gasteiger partial charge in [0, 0.05) is 38.7 Å². The summed E-state index contributed by atoms with van der Waals surface area (Å²) in [6.07, 6.45) is 7.01. The molecule has 0 saturated heterocycles. The first kappa shape index (κ1) is 30.4. The fourth-order valence-corrected chi connectivity index (χ4v) is 13.0. The molecule has 2 heteroatoms. The molecule has 13 rings (SSSR count). The smallest absolute Gasteiger partial charge is 0.135 e. The first-order valence-electron chi connectivity index (χ1n) is 20.0. The Hall–Kier alpha value is -5.08. The molecule has 6 aliphatic carbocycles. The second-order valence-corrected chi connectivity index (χ2v) is 17.9. The van der Waals surface area contributed by atoms with Crippen molar-refractivity contribution in [1.29, 1.82) is 0 Å². The van der Waals surface area contributed by atoms with Crippen molar-refractivity contribution in [2.75, 3.05) is 4.90 Å². The Balaban J connectivity index is 1.10. The topological polar surface area (TPSA) is 16.4 Å². The van der Waals surface area contributed by atoms with Gasteiger partial charge in [-0.3, -0.25) is 0 Å². The van der Waals surface area contributed by atoms with Crippen LogP contribution >= 0.6 is 0 Å². The molecule has 0 amide bonds. The number of benzene rings is 6. The molecule has 1 spiro atoms. The van der Waals surface area contributed by atoms with E-state index in [9.17, 15) is 0 Å². The first-order valence-corrected chi connectivity index (χ1v) is 20.0. The van der Waals surface area contributed by atoms with E-state index in [-0.39, 0.29) is 10.8 Å². The lowest BCUT2D eigenvalue weighted by atomic mass is 9.43. The van der Waals surface area contributed by atoms with E-state index in [4.69, 9.17) is 4.42 Å². The third-order valence-electron chi connectivity index (χ3n) is 14.8. The van der Waals surface area contributed by atoms with Gasteiger partial charge >= 0.3 is 0 Å². The zero-order valence-corrected chi connectivity index (χ0v) is 31.2. The molecule has 6 aliphatic rings. The van der Waals surface area contributed by atoms with Crippen LogP contribution in [0, 0.1) is 37.5 Å². The van der Waals surface area contributed by atoms with Crippen LogP contribution in [0.15, 0.2) is 120 Å². The minimum absolute atomic E-state index is 0.0860. The molecule has 4 fully saturated rings. The summed E-state index contributed by atoms with van der Waals surface area (Å²) in [6, 6.07) is 44.5. The van der Waals surface area contributed by atoms with Gasteiger partial charge in [0.05, 0.1) is 0 Å². The van der Waals surface area contributed by atoms with Crippen molar-refractivity contribution < 1.29 is 4.42 Å². The van der Waals surface area contributed by atoms with Gasteiger partial charge in [0.15, 0.2) is 0 Å². The highest BCUT2D eigenvalue weighted by molar-refractivity contribution is 6.08. The van der Waals surface area contributed by atoms with E-state index in [2.05, 4.69) is 148 Å². The minimum Gasteiger partial charge on any atom is -0.456 e. The molecule has 1 heterocycles. The number of aryl methyl sites for hydroxylation is 2. The van der Waals surface area contributed by atoms with E-state index in [1.807, 2.05) is 0 Å². The predicted molar refractivity (Wildman–Crippen MR) is 219 cm³/mol. The summed E-state index contributed by atoms with van der Waals surface area (Å²) >= 11 is 0. The molecule has 6 aromatic carbocycles. The van der Waals surface area contributed by atoms with Crippen molar-refractivity contribution in [1.82, 2.24) is 0 Å². The summed E-state index contributed by atoms with van der Waals surface area (Å²) < 4.78 is 6.49. The van der Waals surface area contributed by atoms with Crippen LogP contribution in [0.4, 0.5) is 17.1 Å². The molecular weight excluding hydrogens is 643 g/mol. The highest BCUT2D eigenvalue weighted by Crippen LogP contribution is 2.69. The third kappa shape index (κ3) is 3.89. The largest absolute Gasteiger partial charge is 0.456 e. The van der Waals surface area contributed by atoms with Gasteiger partial charge in [-0.2, -0.15) is 0 Å². The zero-order chi connectivity index (χ0) is 35.4. The third-order valence-corrected chi connectivity index (χ3v) is 14.8. The maximum atomic E-state index is 6.49. The number of anilines is 3. The molecule has 0 atom stereocenters. The molecule has 0 N–H and O–H groups in total. The minimum atomic E-state index is -0.0860. The Bertz CT molecular complexity index is 2680. The Labute approximate surface area is 312 Å². The Morgan fingerprint density at radius 1 is 0.528 bits per heavy atom. The summed E-state index contributed by atoms with van der Waals surface area (Å²) in [5, 5.41) is 2.40. The van der Waals surface area contributed by atoms with Crippen molar-refractivity contribution in [2.45, 2.75) is 70.6 Å². The highest BCUT2D eigenvalue weighted by atomic mass is 16.3. The summed E-state index contributed by atoms with van der Waals surface area (Å²) in [7, 11) is 0. The van der Waals surface area contributed by atoms with Gasteiger partial charge in [-0.15, -0.1) is 0 Å². The van der Waals surface area contributed by atoms with Gasteiger partial charge in [-0.05, 0) is 174 Å². The first-order chi connectivity index (χ1) is 25.8. The van der Waals surface area contributed by atoms with Crippen LogP contribution in [-0.4, -0.2) is 0 Å². The van der Waals surface area contributed by atoms with Crippen molar-refractivity contribution in [3.05, 3.63) is 149 Å². The van der Waals surface area contributed by atoms with E-state index in [0.717, 1.165) is 34.8 Å². The zero-order valence-electron chi connectivity index (χ0n) is 31.2. The summed E-state index contributed by atoms with van der Waals surface area (Å²) in [5.41, 5.74) is 19.7. The van der Waals surface area contributed by atoms with E-state index in [1.165, 1.54) is 104 Å². The monoisotopic (exact) mass is 687 g/mol. The summed E-state index contributed by atoms with van der Waals surface area (Å²) in [6.45, 7) is 9.16. The van der Waals surface area contributed by atoms with Crippen LogP contribution < -0.4 is 4.90 Å². The molecule has 4 bridgehead atoms. The van der Waals surface area contributed by atoms with Crippen molar-refractivity contribution in [3.8, 4) is 22.3 Å². The number of hydrogen-bond donors (Lipinski definition) is 0. The van der Waals surface area contributed by atoms with E-state index >= 15 is 0 Å². The van der Waals surface area contributed by atoms with E-state index < -0.39 is 0 Å². The van der Waals surface area contributed by atoms with Crippen LogP contribution in [0.1, 0.15) is 79.3 Å². The Morgan fingerprint density at radius 3 is 1.81 bits per heavy atom. The quantitative estimate of drug-likeness (QED) is 0.184. The van der Waals surface area contributed by atoms with Gasteiger partial charge in [-0.25, -0.2) is 0 Å². The normalized spacial score (nSPS) is 25.2. The van der Waals surface area contributed by atoms with Crippen molar-refractivity contribution >= 4 is 39.0 Å². The van der Waals surface area contributed by atoms with Gasteiger partial charge in [0.25, 0.3) is 0 Å². The maximum absolute atomic E-state index is 6.49.